The fourth-order valence-corrected chi connectivity index (χ4v) is 3.02. The Bertz CT molecular complexity index is 585. The summed E-state index contributed by atoms with van der Waals surface area (Å²) in [5, 5.41) is 0. The van der Waals surface area contributed by atoms with E-state index in [1.54, 1.807) is 19.9 Å². The molecule has 17 heavy (non-hydrogen) atoms. The van der Waals surface area contributed by atoms with Gasteiger partial charge in [0.1, 0.15) is 17.3 Å². The van der Waals surface area contributed by atoms with Crippen LogP contribution in [0, 0.1) is 18.8 Å². The average Bonchev–Trinajstić information content (AvgIpc) is 2.19. The van der Waals surface area contributed by atoms with Crippen molar-refractivity contribution in [1.29, 1.82) is 0 Å². The van der Waals surface area contributed by atoms with E-state index in [0.29, 0.717) is 10.0 Å². The van der Waals surface area contributed by atoms with Crippen molar-refractivity contribution in [1.82, 2.24) is 0 Å². The molecule has 0 saturated carbocycles. The van der Waals surface area contributed by atoms with Crippen LogP contribution in [0.25, 0.3) is 0 Å². The first-order valence-electron chi connectivity index (χ1n) is 4.63. The zero-order valence-electron chi connectivity index (χ0n) is 9.25. The molecule has 0 aliphatic heterocycles. The Kier molecular flexibility index (Phi) is 4.87. The van der Waals surface area contributed by atoms with Crippen molar-refractivity contribution >= 4 is 35.7 Å². The molecular formula is C11H10BrClO3S. The number of halogens is 2. The molecule has 0 unspecified atom stereocenters. The van der Waals surface area contributed by atoms with Crippen LogP contribution in [0.1, 0.15) is 12.5 Å². The Morgan fingerprint density at radius 3 is 2.65 bits per heavy atom. The maximum Gasteiger partial charge on any atom is 0.265 e. The fourth-order valence-electron chi connectivity index (χ4n) is 1.25. The van der Waals surface area contributed by atoms with Crippen LogP contribution in [0.3, 0.4) is 0 Å². The first-order chi connectivity index (χ1) is 7.86. The van der Waals surface area contributed by atoms with Crippen LogP contribution >= 0.6 is 26.6 Å². The highest BCUT2D eigenvalue weighted by Gasteiger charge is 2.19. The third-order valence-corrected chi connectivity index (χ3v) is 3.72. The molecule has 0 heterocycles. The van der Waals surface area contributed by atoms with E-state index in [0.717, 1.165) is 0 Å². The first-order valence-corrected chi connectivity index (χ1v) is 7.73. The lowest BCUT2D eigenvalue weighted by Gasteiger charge is -2.11. The average molecular weight is 338 g/mol. The van der Waals surface area contributed by atoms with Crippen molar-refractivity contribution in [3.8, 4) is 17.6 Å². The maximum atomic E-state index is 11.4. The summed E-state index contributed by atoms with van der Waals surface area (Å²) >= 11 is 3.21. The molecule has 1 rings (SSSR count). The van der Waals surface area contributed by atoms with E-state index in [9.17, 15) is 8.42 Å². The second-order valence-electron chi connectivity index (χ2n) is 3.20. The van der Waals surface area contributed by atoms with Crippen molar-refractivity contribution in [3.63, 3.8) is 0 Å². The fraction of sp³-hybridized carbons (Fsp3) is 0.273. The standard InChI is InChI=1S/C11H10BrClO3S/c1-3-4-5-16-11-8(2)6-9(12)7-10(11)17(13,14)15/h6-7H,5H2,1-2H3. The van der Waals surface area contributed by atoms with Gasteiger partial charge in [-0.3, -0.25) is 0 Å². The lowest BCUT2D eigenvalue weighted by Crippen LogP contribution is -2.02. The van der Waals surface area contributed by atoms with Gasteiger partial charge in [-0.2, -0.15) is 0 Å². The number of rotatable bonds is 3. The minimum Gasteiger partial charge on any atom is -0.479 e. The number of benzene rings is 1. The predicted octanol–water partition coefficient (Wildman–Crippen LogP) is 3.09. The summed E-state index contributed by atoms with van der Waals surface area (Å²) in [7, 11) is 1.51. The predicted molar refractivity (Wildman–Crippen MR) is 70.9 cm³/mol. The summed E-state index contributed by atoms with van der Waals surface area (Å²) in [6.07, 6.45) is 0. The molecule has 0 aromatic heterocycles. The lowest BCUT2D eigenvalue weighted by atomic mass is 10.2. The molecule has 0 aliphatic carbocycles. The van der Waals surface area contributed by atoms with Gasteiger partial charge in [-0.15, -0.1) is 5.92 Å². The van der Waals surface area contributed by atoms with Crippen molar-refractivity contribution in [2.75, 3.05) is 6.61 Å². The van der Waals surface area contributed by atoms with E-state index in [1.165, 1.54) is 6.07 Å². The molecule has 1 aromatic rings. The highest BCUT2D eigenvalue weighted by molar-refractivity contribution is 9.10. The summed E-state index contributed by atoms with van der Waals surface area (Å²) in [6, 6.07) is 3.16. The van der Waals surface area contributed by atoms with Crippen LogP contribution in [0.2, 0.25) is 0 Å². The molecule has 0 fully saturated rings. The van der Waals surface area contributed by atoms with E-state index in [1.807, 2.05) is 0 Å². The molecular weight excluding hydrogens is 328 g/mol. The second kappa shape index (κ2) is 5.76. The Morgan fingerprint density at radius 2 is 2.12 bits per heavy atom. The molecule has 0 amide bonds. The van der Waals surface area contributed by atoms with Crippen LogP contribution in [-0.4, -0.2) is 15.0 Å². The van der Waals surface area contributed by atoms with E-state index >= 15 is 0 Å². The first kappa shape index (κ1) is 14.4. The van der Waals surface area contributed by atoms with Gasteiger partial charge in [0.2, 0.25) is 0 Å². The summed E-state index contributed by atoms with van der Waals surface area (Å²) in [4.78, 5) is -0.0519. The molecule has 0 aliphatic rings. The van der Waals surface area contributed by atoms with Gasteiger partial charge in [0, 0.05) is 15.2 Å². The van der Waals surface area contributed by atoms with Gasteiger partial charge in [0.25, 0.3) is 9.05 Å². The van der Waals surface area contributed by atoms with Gasteiger partial charge in [0.05, 0.1) is 0 Å². The van der Waals surface area contributed by atoms with E-state index < -0.39 is 9.05 Å². The summed E-state index contributed by atoms with van der Waals surface area (Å²) in [6.45, 7) is 3.54. The summed E-state index contributed by atoms with van der Waals surface area (Å²) in [5.74, 6) is 5.60. The SMILES string of the molecule is CC#CCOc1c(C)cc(Br)cc1S(=O)(=O)Cl. The van der Waals surface area contributed by atoms with Crippen LogP contribution in [0.15, 0.2) is 21.5 Å². The zero-order valence-corrected chi connectivity index (χ0v) is 12.4. The summed E-state index contributed by atoms with van der Waals surface area (Å²) in [5.41, 5.74) is 0.677. The summed E-state index contributed by atoms with van der Waals surface area (Å²) < 4.78 is 28.8. The molecule has 0 radical (unpaired) electrons. The quantitative estimate of drug-likeness (QED) is 0.629. The number of hydrogen-bond acceptors (Lipinski definition) is 3. The van der Waals surface area contributed by atoms with E-state index in [-0.39, 0.29) is 17.3 Å². The Labute approximate surface area is 114 Å². The van der Waals surface area contributed by atoms with Crippen molar-refractivity contribution in [2.24, 2.45) is 0 Å². The van der Waals surface area contributed by atoms with Gasteiger partial charge in [-0.1, -0.05) is 21.9 Å². The highest BCUT2D eigenvalue weighted by atomic mass is 79.9. The normalized spacial score (nSPS) is 10.6. The maximum absolute atomic E-state index is 11.4. The molecule has 0 spiro atoms. The van der Waals surface area contributed by atoms with Gasteiger partial charge in [-0.25, -0.2) is 8.42 Å². The van der Waals surface area contributed by atoms with E-state index in [4.69, 9.17) is 15.4 Å². The van der Waals surface area contributed by atoms with Crippen molar-refractivity contribution in [2.45, 2.75) is 18.7 Å². The second-order valence-corrected chi connectivity index (χ2v) is 6.65. The van der Waals surface area contributed by atoms with Crippen LogP contribution in [-0.2, 0) is 9.05 Å². The van der Waals surface area contributed by atoms with Gasteiger partial charge >= 0.3 is 0 Å². The van der Waals surface area contributed by atoms with E-state index in [2.05, 4.69) is 27.8 Å². The zero-order chi connectivity index (χ0) is 13.1. The molecule has 0 N–H and O–H groups in total. The van der Waals surface area contributed by atoms with Crippen molar-refractivity contribution < 1.29 is 13.2 Å². The minimum atomic E-state index is -3.85. The molecule has 6 heteroatoms. The van der Waals surface area contributed by atoms with Crippen LogP contribution in [0.4, 0.5) is 0 Å². The largest absolute Gasteiger partial charge is 0.479 e. The lowest BCUT2D eigenvalue weighted by molar-refractivity contribution is 0.357. The third-order valence-electron chi connectivity index (χ3n) is 1.93. The minimum absolute atomic E-state index is 0.0519. The Balaban J connectivity index is 3.29. The molecule has 0 atom stereocenters. The molecule has 3 nitrogen and oxygen atoms in total. The number of aryl methyl sites for hydroxylation is 1. The number of ether oxygens (including phenoxy) is 1. The van der Waals surface area contributed by atoms with Crippen molar-refractivity contribution in [3.05, 3.63) is 22.2 Å². The monoisotopic (exact) mass is 336 g/mol. The van der Waals surface area contributed by atoms with Gasteiger partial charge in [0.15, 0.2) is 0 Å². The Morgan fingerprint density at radius 1 is 1.47 bits per heavy atom. The smallest absolute Gasteiger partial charge is 0.265 e. The number of hydrogen-bond donors (Lipinski definition) is 0. The topological polar surface area (TPSA) is 43.4 Å². The van der Waals surface area contributed by atoms with Crippen LogP contribution in [0.5, 0.6) is 5.75 Å². The molecule has 0 saturated heterocycles. The van der Waals surface area contributed by atoms with Gasteiger partial charge in [-0.05, 0) is 31.5 Å². The Hall–Kier alpha value is -0.700. The third kappa shape index (κ3) is 3.91. The highest BCUT2D eigenvalue weighted by Crippen LogP contribution is 2.33. The van der Waals surface area contributed by atoms with Gasteiger partial charge < -0.3 is 4.74 Å². The molecule has 92 valence electrons. The molecule has 0 bridgehead atoms. The van der Waals surface area contributed by atoms with Crippen LogP contribution < -0.4 is 4.74 Å². The molecule has 1 aromatic carbocycles.